The second kappa shape index (κ2) is 8.65. The van der Waals surface area contributed by atoms with Crippen LogP contribution in [0.2, 0.25) is 0 Å². The number of aryl methyl sites for hydroxylation is 1. The summed E-state index contributed by atoms with van der Waals surface area (Å²) in [5.74, 6) is 0.814. The molecular formula is C26H28N2O5. The van der Waals surface area contributed by atoms with Crippen LogP contribution >= 0.6 is 0 Å². The van der Waals surface area contributed by atoms with Crippen molar-refractivity contribution in [2.75, 3.05) is 40.5 Å². The van der Waals surface area contributed by atoms with Crippen molar-refractivity contribution in [3.63, 3.8) is 0 Å². The fourth-order valence-electron chi connectivity index (χ4n) is 4.67. The van der Waals surface area contributed by atoms with Crippen LogP contribution in [-0.2, 0) is 9.47 Å². The van der Waals surface area contributed by atoms with E-state index in [9.17, 15) is 4.79 Å². The zero-order valence-corrected chi connectivity index (χ0v) is 19.2. The minimum Gasteiger partial charge on any atom is -0.497 e. The molecule has 1 spiro atoms. The Morgan fingerprint density at radius 1 is 1.00 bits per heavy atom. The zero-order chi connectivity index (χ0) is 23.0. The number of hydrogen-bond donors (Lipinski definition) is 0. The Morgan fingerprint density at radius 2 is 1.76 bits per heavy atom. The number of hydrogen-bond acceptors (Lipinski definition) is 6. The van der Waals surface area contributed by atoms with Crippen LogP contribution in [-0.4, -0.2) is 62.1 Å². The van der Waals surface area contributed by atoms with Crippen LogP contribution in [0.15, 0.2) is 42.5 Å². The molecule has 7 heteroatoms. The van der Waals surface area contributed by atoms with Crippen LogP contribution in [0.4, 0.5) is 0 Å². The second-order valence-electron chi connectivity index (χ2n) is 8.54. The molecule has 2 aromatic carbocycles. The number of amides is 1. The van der Waals surface area contributed by atoms with Gasteiger partial charge in [0.15, 0.2) is 5.79 Å². The first-order valence-corrected chi connectivity index (χ1v) is 11.2. The number of pyridine rings is 1. The third-order valence-corrected chi connectivity index (χ3v) is 6.51. The van der Waals surface area contributed by atoms with Gasteiger partial charge in [-0.25, -0.2) is 4.98 Å². The lowest BCUT2D eigenvalue weighted by Crippen LogP contribution is -2.47. The van der Waals surface area contributed by atoms with E-state index in [4.69, 9.17) is 23.9 Å². The summed E-state index contributed by atoms with van der Waals surface area (Å²) < 4.78 is 22.6. The summed E-state index contributed by atoms with van der Waals surface area (Å²) >= 11 is 0. The summed E-state index contributed by atoms with van der Waals surface area (Å²) in [6.45, 7) is 4.45. The van der Waals surface area contributed by atoms with Crippen LogP contribution in [0.25, 0.3) is 22.2 Å². The van der Waals surface area contributed by atoms with E-state index >= 15 is 0 Å². The van der Waals surface area contributed by atoms with Crippen molar-refractivity contribution in [1.82, 2.24) is 9.88 Å². The van der Waals surface area contributed by atoms with Gasteiger partial charge in [-0.3, -0.25) is 4.79 Å². The van der Waals surface area contributed by atoms with E-state index in [-0.39, 0.29) is 5.91 Å². The molecule has 3 aromatic rings. The van der Waals surface area contributed by atoms with E-state index in [2.05, 4.69) is 0 Å². The lowest BCUT2D eigenvalue weighted by atomic mass is 9.99. The normalized spacial score (nSPS) is 17.5. The molecule has 7 nitrogen and oxygen atoms in total. The minimum absolute atomic E-state index is 0.00502. The molecule has 2 aliphatic heterocycles. The van der Waals surface area contributed by atoms with Gasteiger partial charge in [-0.1, -0.05) is 11.6 Å². The van der Waals surface area contributed by atoms with Crippen molar-refractivity contribution in [3.05, 3.63) is 53.6 Å². The highest BCUT2D eigenvalue weighted by Crippen LogP contribution is 2.36. The molecule has 0 unspecified atom stereocenters. The van der Waals surface area contributed by atoms with Crippen molar-refractivity contribution in [1.29, 1.82) is 0 Å². The van der Waals surface area contributed by atoms with Crippen LogP contribution in [0.3, 0.4) is 0 Å². The maximum atomic E-state index is 13.7. The number of benzene rings is 2. The third-order valence-electron chi connectivity index (χ3n) is 6.51. The molecule has 1 amide bonds. The molecule has 2 saturated heterocycles. The summed E-state index contributed by atoms with van der Waals surface area (Å²) in [6, 6.07) is 13.5. The lowest BCUT2D eigenvalue weighted by Gasteiger charge is -2.37. The number of carbonyl (C=O) groups is 1. The smallest absolute Gasteiger partial charge is 0.254 e. The summed E-state index contributed by atoms with van der Waals surface area (Å²) in [4.78, 5) is 20.5. The van der Waals surface area contributed by atoms with Crippen LogP contribution < -0.4 is 9.47 Å². The number of nitrogens with zero attached hydrogens (tertiary/aromatic N) is 2. The predicted octanol–water partition coefficient (Wildman–Crippen LogP) is 4.21. The molecule has 2 fully saturated rings. The lowest BCUT2D eigenvalue weighted by molar-refractivity contribution is -0.181. The molecule has 1 aromatic heterocycles. The van der Waals surface area contributed by atoms with E-state index < -0.39 is 5.79 Å². The van der Waals surface area contributed by atoms with Gasteiger partial charge >= 0.3 is 0 Å². The average Bonchev–Trinajstić information content (AvgIpc) is 3.30. The number of aromatic nitrogens is 1. The molecule has 0 aliphatic carbocycles. The number of ether oxygens (including phenoxy) is 4. The number of fused-ring (bicyclic) bond motifs is 1. The Hall–Kier alpha value is -3.16. The fraction of sp³-hybridized carbons (Fsp3) is 0.385. The molecule has 0 bridgehead atoms. The predicted molar refractivity (Wildman–Crippen MR) is 125 cm³/mol. The van der Waals surface area contributed by atoms with Gasteiger partial charge < -0.3 is 23.8 Å². The van der Waals surface area contributed by atoms with Crippen molar-refractivity contribution >= 4 is 16.8 Å². The van der Waals surface area contributed by atoms with Crippen molar-refractivity contribution < 1.29 is 23.7 Å². The van der Waals surface area contributed by atoms with Gasteiger partial charge in [-0.05, 0) is 37.3 Å². The molecule has 2 aliphatic rings. The number of piperidine rings is 1. The molecule has 0 N–H and O–H groups in total. The van der Waals surface area contributed by atoms with Gasteiger partial charge in [-0.15, -0.1) is 0 Å². The van der Waals surface area contributed by atoms with E-state index in [0.717, 1.165) is 22.0 Å². The Balaban J connectivity index is 1.55. The Morgan fingerprint density at radius 3 is 2.45 bits per heavy atom. The van der Waals surface area contributed by atoms with Crippen LogP contribution in [0.5, 0.6) is 11.5 Å². The van der Waals surface area contributed by atoms with Gasteiger partial charge in [0.2, 0.25) is 0 Å². The number of rotatable bonds is 4. The van der Waals surface area contributed by atoms with Gasteiger partial charge in [0.25, 0.3) is 5.91 Å². The monoisotopic (exact) mass is 448 g/mol. The van der Waals surface area contributed by atoms with Crippen LogP contribution in [0, 0.1) is 6.92 Å². The topological polar surface area (TPSA) is 70.1 Å². The summed E-state index contributed by atoms with van der Waals surface area (Å²) in [5.41, 5.74) is 3.99. The highest BCUT2D eigenvalue weighted by atomic mass is 16.7. The molecule has 0 atom stereocenters. The quantitative estimate of drug-likeness (QED) is 0.596. The van der Waals surface area contributed by atoms with E-state index in [1.807, 2.05) is 54.3 Å². The van der Waals surface area contributed by atoms with Crippen molar-refractivity contribution in [2.24, 2.45) is 0 Å². The van der Waals surface area contributed by atoms with E-state index in [0.29, 0.717) is 61.9 Å². The van der Waals surface area contributed by atoms with Gasteiger partial charge in [0.05, 0.1) is 44.2 Å². The van der Waals surface area contributed by atoms with Gasteiger partial charge in [0, 0.05) is 42.9 Å². The zero-order valence-electron chi connectivity index (χ0n) is 19.2. The maximum absolute atomic E-state index is 13.7. The Bertz CT molecular complexity index is 1190. The first-order chi connectivity index (χ1) is 16.0. The Labute approximate surface area is 193 Å². The fourth-order valence-corrected chi connectivity index (χ4v) is 4.67. The van der Waals surface area contributed by atoms with Crippen molar-refractivity contribution in [2.45, 2.75) is 25.6 Å². The summed E-state index contributed by atoms with van der Waals surface area (Å²) in [7, 11) is 3.23. The minimum atomic E-state index is -0.519. The molecule has 3 heterocycles. The van der Waals surface area contributed by atoms with E-state index in [1.54, 1.807) is 14.2 Å². The maximum Gasteiger partial charge on any atom is 0.254 e. The summed E-state index contributed by atoms with van der Waals surface area (Å²) in [6.07, 6.45) is 1.36. The first-order valence-electron chi connectivity index (χ1n) is 11.2. The first kappa shape index (κ1) is 21.7. The highest BCUT2D eigenvalue weighted by molar-refractivity contribution is 6.07. The largest absolute Gasteiger partial charge is 0.497 e. The molecule has 172 valence electrons. The standard InChI is InChI=1S/C26H28N2O5/c1-17-4-7-22-20(14-17)21(25(29)28-10-8-26(9-11-28)32-12-13-33-26)16-23(27-22)19-6-5-18(30-2)15-24(19)31-3/h4-7,14-16H,8-13H2,1-3H3. The number of methoxy groups -OCH3 is 2. The number of likely N-dealkylation sites (tertiary alicyclic amines) is 1. The van der Waals surface area contributed by atoms with E-state index in [1.165, 1.54) is 0 Å². The van der Waals surface area contributed by atoms with Gasteiger partial charge in [-0.2, -0.15) is 0 Å². The number of carbonyl (C=O) groups excluding carboxylic acids is 1. The summed E-state index contributed by atoms with van der Waals surface area (Å²) in [5, 5.41) is 0.852. The Kier molecular flexibility index (Phi) is 5.68. The molecule has 5 rings (SSSR count). The SMILES string of the molecule is COc1ccc(-c2cc(C(=O)N3CCC4(CC3)OCCO4)c3cc(C)ccc3n2)c(OC)c1. The average molecular weight is 449 g/mol. The van der Waals surface area contributed by atoms with Crippen LogP contribution in [0.1, 0.15) is 28.8 Å². The molecular weight excluding hydrogens is 420 g/mol. The third kappa shape index (κ3) is 4.03. The highest BCUT2D eigenvalue weighted by Gasteiger charge is 2.41. The van der Waals surface area contributed by atoms with Gasteiger partial charge in [0.1, 0.15) is 11.5 Å². The molecule has 0 saturated carbocycles. The van der Waals surface area contributed by atoms with Crippen molar-refractivity contribution in [3.8, 4) is 22.8 Å². The molecule has 33 heavy (non-hydrogen) atoms. The second-order valence-corrected chi connectivity index (χ2v) is 8.54. The molecule has 0 radical (unpaired) electrons.